The second kappa shape index (κ2) is 10.2. The van der Waals surface area contributed by atoms with Crippen molar-refractivity contribution in [2.45, 2.75) is 26.7 Å². The molecule has 5 nitrogen and oxygen atoms in total. The van der Waals surface area contributed by atoms with Crippen LogP contribution in [0.15, 0.2) is 79.0 Å². The second-order valence-electron chi connectivity index (χ2n) is 7.42. The molecule has 32 heavy (non-hydrogen) atoms. The topological polar surface area (TPSA) is 89.9 Å². The van der Waals surface area contributed by atoms with Gasteiger partial charge in [-0.25, -0.2) is 0 Å². The molecule has 0 amide bonds. The first-order chi connectivity index (χ1) is 15.4. The van der Waals surface area contributed by atoms with Crippen molar-refractivity contribution in [3.63, 3.8) is 0 Å². The summed E-state index contributed by atoms with van der Waals surface area (Å²) < 4.78 is 2.10. The third-order valence-electron chi connectivity index (χ3n) is 5.24. The van der Waals surface area contributed by atoms with E-state index in [-0.39, 0.29) is 6.42 Å². The SMILES string of the molecule is CCC(=O)O.Cc1ccccc1CC(=N)c1cn(-c2ccc(C#N)cc2)c2ccccc12. The molecular weight excluding hydrogens is 398 g/mol. The van der Waals surface area contributed by atoms with Crippen LogP contribution in [-0.2, 0) is 11.2 Å². The molecule has 0 aliphatic heterocycles. The fourth-order valence-electron chi connectivity index (χ4n) is 3.42. The third-order valence-corrected chi connectivity index (χ3v) is 5.24. The number of fused-ring (bicyclic) bond motifs is 1. The Bertz CT molecular complexity index is 1290. The van der Waals surface area contributed by atoms with Gasteiger partial charge in [0, 0.05) is 41.4 Å². The highest BCUT2D eigenvalue weighted by Gasteiger charge is 2.14. The summed E-state index contributed by atoms with van der Waals surface area (Å²) in [5.74, 6) is -0.745. The van der Waals surface area contributed by atoms with Crippen molar-refractivity contribution in [3.8, 4) is 11.8 Å². The molecular formula is C27H25N3O2. The molecule has 4 aromatic rings. The van der Waals surface area contributed by atoms with Crippen LogP contribution in [-0.4, -0.2) is 21.4 Å². The fraction of sp³-hybridized carbons (Fsp3) is 0.148. The van der Waals surface area contributed by atoms with Gasteiger partial charge in [0.15, 0.2) is 0 Å². The van der Waals surface area contributed by atoms with Crippen LogP contribution in [0.2, 0.25) is 0 Å². The van der Waals surface area contributed by atoms with E-state index >= 15 is 0 Å². The van der Waals surface area contributed by atoms with E-state index in [0.29, 0.717) is 17.7 Å². The van der Waals surface area contributed by atoms with E-state index in [0.717, 1.165) is 22.2 Å². The van der Waals surface area contributed by atoms with Crippen LogP contribution < -0.4 is 0 Å². The second-order valence-corrected chi connectivity index (χ2v) is 7.42. The molecule has 0 radical (unpaired) electrons. The molecule has 0 spiro atoms. The molecule has 0 fully saturated rings. The highest BCUT2D eigenvalue weighted by Crippen LogP contribution is 2.26. The average Bonchev–Trinajstić information content (AvgIpc) is 3.21. The molecule has 3 aromatic carbocycles. The monoisotopic (exact) mass is 423 g/mol. The highest BCUT2D eigenvalue weighted by atomic mass is 16.4. The van der Waals surface area contributed by atoms with Gasteiger partial charge >= 0.3 is 5.97 Å². The lowest BCUT2D eigenvalue weighted by Crippen LogP contribution is -2.04. The van der Waals surface area contributed by atoms with E-state index in [1.54, 1.807) is 6.92 Å². The molecule has 1 heterocycles. The van der Waals surface area contributed by atoms with Crippen LogP contribution in [0.3, 0.4) is 0 Å². The van der Waals surface area contributed by atoms with E-state index in [1.165, 1.54) is 11.1 Å². The van der Waals surface area contributed by atoms with Gasteiger partial charge in [-0.05, 0) is 48.4 Å². The smallest absolute Gasteiger partial charge is 0.303 e. The van der Waals surface area contributed by atoms with Crippen molar-refractivity contribution < 1.29 is 9.90 Å². The van der Waals surface area contributed by atoms with E-state index in [9.17, 15) is 4.79 Å². The van der Waals surface area contributed by atoms with Gasteiger partial charge in [-0.1, -0.05) is 49.4 Å². The zero-order valence-corrected chi connectivity index (χ0v) is 18.2. The van der Waals surface area contributed by atoms with Gasteiger partial charge in [0.2, 0.25) is 0 Å². The number of carbonyl (C=O) groups is 1. The number of aliphatic carboxylic acids is 1. The van der Waals surface area contributed by atoms with Gasteiger partial charge in [0.25, 0.3) is 0 Å². The van der Waals surface area contributed by atoms with E-state index in [1.807, 2.05) is 54.7 Å². The van der Waals surface area contributed by atoms with Crippen LogP contribution in [0.5, 0.6) is 0 Å². The molecule has 0 unspecified atom stereocenters. The summed E-state index contributed by atoms with van der Waals surface area (Å²) in [5, 5.41) is 26.5. The van der Waals surface area contributed by atoms with Crippen molar-refractivity contribution in [1.29, 1.82) is 10.7 Å². The summed E-state index contributed by atoms with van der Waals surface area (Å²) >= 11 is 0. The van der Waals surface area contributed by atoms with Crippen molar-refractivity contribution in [2.24, 2.45) is 0 Å². The van der Waals surface area contributed by atoms with E-state index < -0.39 is 5.97 Å². The zero-order valence-electron chi connectivity index (χ0n) is 18.2. The number of para-hydroxylation sites is 1. The number of nitriles is 1. The Labute approximate surface area is 187 Å². The van der Waals surface area contributed by atoms with Crippen molar-refractivity contribution in [2.75, 3.05) is 0 Å². The van der Waals surface area contributed by atoms with Gasteiger partial charge in [-0.2, -0.15) is 5.26 Å². The predicted molar refractivity (Wildman–Crippen MR) is 128 cm³/mol. The van der Waals surface area contributed by atoms with E-state index in [2.05, 4.69) is 41.8 Å². The Kier molecular flexibility index (Phi) is 7.20. The largest absolute Gasteiger partial charge is 0.481 e. The quantitative estimate of drug-likeness (QED) is 0.391. The van der Waals surface area contributed by atoms with Gasteiger partial charge in [0.05, 0.1) is 17.1 Å². The summed E-state index contributed by atoms with van der Waals surface area (Å²) in [5.41, 5.74) is 6.62. The molecule has 5 heteroatoms. The van der Waals surface area contributed by atoms with Crippen LogP contribution in [0, 0.1) is 23.7 Å². The first kappa shape index (κ1) is 22.5. The molecule has 0 aliphatic carbocycles. The van der Waals surface area contributed by atoms with Gasteiger partial charge in [-0.3, -0.25) is 4.79 Å². The number of carboxylic acids is 1. The Morgan fingerprint density at radius 2 is 1.66 bits per heavy atom. The summed E-state index contributed by atoms with van der Waals surface area (Å²) in [6.45, 7) is 3.69. The number of nitrogens with one attached hydrogen (secondary N) is 1. The number of aromatic nitrogens is 1. The predicted octanol–water partition coefficient (Wildman–Crippen LogP) is 5.90. The van der Waals surface area contributed by atoms with Gasteiger partial charge in [0.1, 0.15) is 0 Å². The molecule has 160 valence electrons. The fourth-order valence-corrected chi connectivity index (χ4v) is 3.42. The molecule has 0 atom stereocenters. The highest BCUT2D eigenvalue weighted by molar-refractivity contribution is 6.10. The van der Waals surface area contributed by atoms with Crippen LogP contribution >= 0.6 is 0 Å². The molecule has 0 aliphatic rings. The molecule has 0 saturated carbocycles. The van der Waals surface area contributed by atoms with Crippen molar-refractivity contribution >= 4 is 22.6 Å². The first-order valence-electron chi connectivity index (χ1n) is 10.4. The number of hydrogen-bond acceptors (Lipinski definition) is 3. The van der Waals surface area contributed by atoms with E-state index in [4.69, 9.17) is 15.8 Å². The normalized spacial score (nSPS) is 10.2. The number of benzene rings is 3. The van der Waals surface area contributed by atoms with Crippen LogP contribution in [0.4, 0.5) is 0 Å². The zero-order chi connectivity index (χ0) is 23.1. The Hall–Kier alpha value is -4.17. The van der Waals surface area contributed by atoms with Crippen molar-refractivity contribution in [3.05, 3.63) is 101 Å². The summed E-state index contributed by atoms with van der Waals surface area (Å²) in [6.07, 6.45) is 2.86. The van der Waals surface area contributed by atoms with Gasteiger partial charge < -0.3 is 15.1 Å². The lowest BCUT2D eigenvalue weighted by molar-refractivity contribution is -0.136. The maximum absolute atomic E-state index is 9.37. The standard InChI is InChI=1S/C24H19N3.C3H6O2/c1-17-6-2-3-7-19(17)14-23(26)22-16-27(24-9-5-4-8-21(22)24)20-12-10-18(15-25)11-13-20;1-2-3(4)5/h2-13,16,26H,14H2,1H3;2H2,1H3,(H,4,5). The van der Waals surface area contributed by atoms with Crippen LogP contribution in [0.1, 0.15) is 35.6 Å². The average molecular weight is 424 g/mol. The number of carboxylic acid groups (broad SMARTS) is 1. The van der Waals surface area contributed by atoms with Crippen LogP contribution in [0.25, 0.3) is 16.6 Å². The number of nitrogens with zero attached hydrogens (tertiary/aromatic N) is 2. The first-order valence-corrected chi connectivity index (χ1v) is 10.4. The lowest BCUT2D eigenvalue weighted by atomic mass is 9.99. The Morgan fingerprint density at radius 3 is 2.28 bits per heavy atom. The minimum atomic E-state index is -0.745. The minimum absolute atomic E-state index is 0.222. The number of rotatable bonds is 5. The molecule has 4 rings (SSSR count). The Morgan fingerprint density at radius 1 is 1.03 bits per heavy atom. The molecule has 0 saturated heterocycles. The maximum atomic E-state index is 9.37. The molecule has 2 N–H and O–H groups in total. The number of hydrogen-bond donors (Lipinski definition) is 2. The lowest BCUT2D eigenvalue weighted by Gasteiger charge is -2.06. The summed E-state index contributed by atoms with van der Waals surface area (Å²) in [7, 11) is 0. The third kappa shape index (κ3) is 5.11. The minimum Gasteiger partial charge on any atom is -0.481 e. The van der Waals surface area contributed by atoms with Gasteiger partial charge in [-0.15, -0.1) is 0 Å². The maximum Gasteiger partial charge on any atom is 0.303 e. The summed E-state index contributed by atoms with van der Waals surface area (Å²) in [4.78, 5) is 9.37. The Balaban J connectivity index is 0.000000523. The molecule has 0 bridgehead atoms. The number of aryl methyl sites for hydroxylation is 1. The summed E-state index contributed by atoms with van der Waals surface area (Å²) in [6, 6.07) is 26.1. The van der Waals surface area contributed by atoms with Crippen molar-refractivity contribution in [1.82, 2.24) is 4.57 Å². The molecule has 1 aromatic heterocycles.